The lowest BCUT2D eigenvalue weighted by Crippen LogP contribution is -2.37. The molecule has 0 unspecified atom stereocenters. The van der Waals surface area contributed by atoms with Crippen LogP contribution in [0.1, 0.15) is 77.2 Å². The molecule has 12 heteroatoms. The standard InChI is InChI=1S/C36H46F3N7OS/c1-35(2,36(37,38)39)26-47-31-20-24-46(44-31)34-33(41-21-22-42-34)29-17-10-9-16-28(29)15-8-3-4-11-23-45(25-27-13-6-5-7-14-27)30-18-12-19-32(43-30)48-40/h9-10,12,16-22,24,27H,3-8,11,13-15,23,25-26,40H2,1-2H3. The Morgan fingerprint density at radius 3 is 2.50 bits per heavy atom. The van der Waals surface area contributed by atoms with Gasteiger partial charge in [-0.1, -0.05) is 62.4 Å². The first-order valence-electron chi connectivity index (χ1n) is 16.9. The zero-order valence-corrected chi connectivity index (χ0v) is 28.6. The Kier molecular flexibility index (Phi) is 12.4. The SMILES string of the molecule is CC(C)(COc1ccn(-c2nccnc2-c2ccccc2CCCCCCN(CC2CCCCC2)c2cccc(SN)n2)n1)C(F)(F)F. The van der Waals surface area contributed by atoms with Gasteiger partial charge in [0.2, 0.25) is 5.88 Å². The maximum atomic E-state index is 13.3. The summed E-state index contributed by atoms with van der Waals surface area (Å²) in [7, 11) is 0. The van der Waals surface area contributed by atoms with E-state index in [0.29, 0.717) is 11.5 Å². The van der Waals surface area contributed by atoms with Crippen LogP contribution in [0.4, 0.5) is 19.0 Å². The number of aryl methyl sites for hydroxylation is 1. The van der Waals surface area contributed by atoms with Gasteiger partial charge >= 0.3 is 6.18 Å². The normalized spacial score (nSPS) is 14.3. The van der Waals surface area contributed by atoms with Crippen molar-refractivity contribution in [2.24, 2.45) is 16.5 Å². The van der Waals surface area contributed by atoms with Crippen LogP contribution < -0.4 is 14.8 Å². The van der Waals surface area contributed by atoms with Crippen LogP contribution in [0, 0.1) is 11.3 Å². The second kappa shape index (κ2) is 16.6. The molecule has 0 bridgehead atoms. The summed E-state index contributed by atoms with van der Waals surface area (Å²) in [5.74, 6) is 2.32. The van der Waals surface area contributed by atoms with Crippen molar-refractivity contribution in [3.05, 3.63) is 72.7 Å². The minimum atomic E-state index is -4.39. The van der Waals surface area contributed by atoms with Gasteiger partial charge in [0, 0.05) is 43.3 Å². The van der Waals surface area contributed by atoms with Crippen molar-refractivity contribution < 1.29 is 17.9 Å². The molecule has 3 aromatic heterocycles. The number of halogens is 3. The van der Waals surface area contributed by atoms with Crippen molar-refractivity contribution in [3.63, 3.8) is 0 Å². The zero-order chi connectivity index (χ0) is 34.0. The van der Waals surface area contributed by atoms with E-state index in [0.717, 1.165) is 86.9 Å². The number of pyridine rings is 1. The molecule has 0 radical (unpaired) electrons. The van der Waals surface area contributed by atoms with Gasteiger partial charge in [-0.15, -0.1) is 5.10 Å². The average molecular weight is 682 g/mol. The van der Waals surface area contributed by atoms with Gasteiger partial charge in [0.1, 0.15) is 23.1 Å². The molecule has 258 valence electrons. The molecule has 0 amide bonds. The van der Waals surface area contributed by atoms with Gasteiger partial charge in [-0.05, 0) is 81.5 Å². The maximum absolute atomic E-state index is 13.3. The summed E-state index contributed by atoms with van der Waals surface area (Å²) in [5.41, 5.74) is 0.768. The van der Waals surface area contributed by atoms with Crippen LogP contribution >= 0.6 is 11.9 Å². The predicted octanol–water partition coefficient (Wildman–Crippen LogP) is 8.85. The lowest BCUT2D eigenvalue weighted by Gasteiger charge is -2.31. The van der Waals surface area contributed by atoms with E-state index in [4.69, 9.17) is 14.9 Å². The Morgan fingerprint density at radius 2 is 1.71 bits per heavy atom. The molecule has 48 heavy (non-hydrogen) atoms. The van der Waals surface area contributed by atoms with E-state index in [2.05, 4.69) is 32.1 Å². The number of hydrogen-bond donors (Lipinski definition) is 1. The van der Waals surface area contributed by atoms with Crippen LogP contribution in [-0.4, -0.2) is 50.6 Å². The fourth-order valence-corrected chi connectivity index (χ4v) is 6.40. The average Bonchev–Trinajstić information content (AvgIpc) is 3.58. The third kappa shape index (κ3) is 9.49. The predicted molar refractivity (Wildman–Crippen MR) is 185 cm³/mol. The van der Waals surface area contributed by atoms with Crippen LogP contribution in [-0.2, 0) is 6.42 Å². The van der Waals surface area contributed by atoms with E-state index in [1.54, 1.807) is 18.6 Å². The van der Waals surface area contributed by atoms with Crippen LogP contribution in [0.2, 0.25) is 0 Å². The number of aromatic nitrogens is 5. The van der Waals surface area contributed by atoms with Crippen molar-refractivity contribution in [1.29, 1.82) is 0 Å². The Hall–Kier alpha value is -3.64. The van der Waals surface area contributed by atoms with Crippen LogP contribution in [0.3, 0.4) is 0 Å². The largest absolute Gasteiger partial charge is 0.476 e. The second-order valence-electron chi connectivity index (χ2n) is 13.2. The lowest BCUT2D eigenvalue weighted by molar-refractivity contribution is -0.219. The molecule has 1 fully saturated rings. The van der Waals surface area contributed by atoms with Gasteiger partial charge in [0.05, 0.1) is 5.41 Å². The second-order valence-corrected chi connectivity index (χ2v) is 13.9. The first kappa shape index (κ1) is 35.7. The quantitative estimate of drug-likeness (QED) is 0.0926. The number of benzene rings is 1. The minimum absolute atomic E-state index is 0.0938. The van der Waals surface area contributed by atoms with Crippen LogP contribution in [0.25, 0.3) is 17.1 Å². The Bertz CT molecular complexity index is 1590. The Labute approximate surface area is 285 Å². The molecule has 1 aliphatic carbocycles. The highest BCUT2D eigenvalue weighted by Gasteiger charge is 2.48. The molecular formula is C36H46F3N7OS. The molecule has 0 spiro atoms. The van der Waals surface area contributed by atoms with E-state index in [1.807, 2.05) is 30.3 Å². The molecule has 5 rings (SSSR count). The third-order valence-corrected chi connectivity index (χ3v) is 9.53. The molecule has 0 saturated heterocycles. The fraction of sp³-hybridized carbons (Fsp3) is 0.500. The molecule has 1 aliphatic rings. The summed E-state index contributed by atoms with van der Waals surface area (Å²) in [6.07, 6.45) is 12.3. The minimum Gasteiger partial charge on any atom is -0.476 e. The summed E-state index contributed by atoms with van der Waals surface area (Å²) in [5, 5.41) is 11.0. The van der Waals surface area contributed by atoms with Crippen LogP contribution in [0.5, 0.6) is 5.88 Å². The number of rotatable bonds is 16. The van der Waals surface area contributed by atoms with Gasteiger partial charge in [-0.2, -0.15) is 13.2 Å². The van der Waals surface area contributed by atoms with E-state index in [-0.39, 0.29) is 5.88 Å². The molecular weight excluding hydrogens is 636 g/mol. The summed E-state index contributed by atoms with van der Waals surface area (Å²) < 4.78 is 46.8. The molecule has 0 aliphatic heterocycles. The summed E-state index contributed by atoms with van der Waals surface area (Å²) >= 11 is 1.19. The smallest absolute Gasteiger partial charge is 0.397 e. The van der Waals surface area contributed by atoms with Gasteiger partial charge < -0.3 is 9.64 Å². The van der Waals surface area contributed by atoms with Gasteiger partial charge in [0.25, 0.3) is 0 Å². The molecule has 3 heterocycles. The van der Waals surface area contributed by atoms with Crippen molar-refractivity contribution >= 4 is 17.8 Å². The number of hydrogen-bond acceptors (Lipinski definition) is 8. The number of alkyl halides is 3. The van der Waals surface area contributed by atoms with Gasteiger partial charge in [-0.25, -0.2) is 14.6 Å². The highest BCUT2D eigenvalue weighted by atomic mass is 32.2. The lowest BCUT2D eigenvalue weighted by atomic mass is 9.89. The Balaban J connectivity index is 1.18. The molecule has 1 saturated carbocycles. The van der Waals surface area contributed by atoms with E-state index in [1.165, 1.54) is 54.8 Å². The van der Waals surface area contributed by atoms with Crippen molar-refractivity contribution in [3.8, 4) is 23.0 Å². The fourth-order valence-electron chi connectivity index (χ4n) is 6.09. The number of anilines is 1. The number of unbranched alkanes of at least 4 members (excludes halogenated alkanes) is 3. The summed E-state index contributed by atoms with van der Waals surface area (Å²) in [6.45, 7) is 3.70. The molecule has 8 nitrogen and oxygen atoms in total. The molecule has 0 atom stereocenters. The molecule has 1 aromatic carbocycles. The van der Waals surface area contributed by atoms with Gasteiger partial charge in [-0.3, -0.25) is 10.1 Å². The zero-order valence-electron chi connectivity index (χ0n) is 27.8. The van der Waals surface area contributed by atoms with Crippen molar-refractivity contribution in [1.82, 2.24) is 24.7 Å². The Morgan fingerprint density at radius 1 is 0.938 bits per heavy atom. The third-order valence-electron chi connectivity index (χ3n) is 9.06. The molecule has 4 aromatic rings. The summed E-state index contributed by atoms with van der Waals surface area (Å²) in [4.78, 5) is 16.4. The van der Waals surface area contributed by atoms with E-state index >= 15 is 0 Å². The molecule has 2 N–H and O–H groups in total. The van der Waals surface area contributed by atoms with E-state index < -0.39 is 18.2 Å². The monoisotopic (exact) mass is 681 g/mol. The van der Waals surface area contributed by atoms with Crippen molar-refractivity contribution in [2.45, 2.75) is 89.3 Å². The van der Waals surface area contributed by atoms with Crippen LogP contribution in [0.15, 0.2) is 72.1 Å². The number of nitrogens with zero attached hydrogens (tertiary/aromatic N) is 6. The first-order valence-corrected chi connectivity index (χ1v) is 17.8. The van der Waals surface area contributed by atoms with Crippen molar-refractivity contribution in [2.75, 3.05) is 24.6 Å². The highest BCUT2D eigenvalue weighted by Crippen LogP contribution is 2.38. The number of ether oxygens (including phenoxy) is 1. The van der Waals surface area contributed by atoms with E-state index in [9.17, 15) is 13.2 Å². The highest BCUT2D eigenvalue weighted by molar-refractivity contribution is 7.97. The van der Waals surface area contributed by atoms with Gasteiger partial charge in [0.15, 0.2) is 5.82 Å². The maximum Gasteiger partial charge on any atom is 0.397 e. The topological polar surface area (TPSA) is 95.0 Å². The summed E-state index contributed by atoms with van der Waals surface area (Å²) in [6, 6.07) is 15.8. The number of nitrogens with two attached hydrogens (primary N) is 1. The first-order chi connectivity index (χ1) is 23.1.